The molecule has 1 aliphatic carbocycles. The van der Waals surface area contributed by atoms with Gasteiger partial charge in [-0.05, 0) is 25.0 Å². The number of aliphatic hydroxyl groups is 1. The van der Waals surface area contributed by atoms with Crippen LogP contribution in [-0.2, 0) is 4.79 Å². The molecule has 0 aliphatic heterocycles. The Kier molecular flexibility index (Phi) is 2.19. The third kappa shape index (κ3) is 1.61. The van der Waals surface area contributed by atoms with Gasteiger partial charge in [-0.3, -0.25) is 4.79 Å². The molecule has 0 bridgehead atoms. The maximum atomic E-state index is 12.0. The van der Waals surface area contributed by atoms with Crippen molar-refractivity contribution in [1.29, 1.82) is 0 Å². The fourth-order valence-electron chi connectivity index (χ4n) is 1.94. The zero-order valence-corrected chi connectivity index (χ0v) is 9.27. The highest BCUT2D eigenvalue weighted by atomic mass is 16.3. The fraction of sp³-hybridized carbons (Fsp3) is 0.308. The zero-order chi connectivity index (χ0) is 11.9. The standard InChI is InChI=1S/C13H13NO3/c15-8-13(5-6-13)12(16)14-10-7-17-11-4-2-1-3-9(10)11/h1-4,7,15H,5-6,8H2,(H,14,16). The summed E-state index contributed by atoms with van der Waals surface area (Å²) in [6, 6.07) is 7.52. The second-order valence-corrected chi connectivity index (χ2v) is 4.54. The van der Waals surface area contributed by atoms with Gasteiger partial charge in [0.1, 0.15) is 11.8 Å². The highest BCUT2D eigenvalue weighted by Gasteiger charge is 2.49. The van der Waals surface area contributed by atoms with Crippen LogP contribution in [0.1, 0.15) is 12.8 Å². The van der Waals surface area contributed by atoms with Gasteiger partial charge in [-0.1, -0.05) is 12.1 Å². The summed E-state index contributed by atoms with van der Waals surface area (Å²) in [7, 11) is 0. The number of rotatable bonds is 3. The number of benzene rings is 1. The second kappa shape index (κ2) is 3.60. The molecular formula is C13H13NO3. The number of carbonyl (C=O) groups is 1. The van der Waals surface area contributed by atoms with Crippen molar-refractivity contribution in [2.45, 2.75) is 12.8 Å². The van der Waals surface area contributed by atoms with E-state index in [0.717, 1.165) is 23.8 Å². The van der Waals surface area contributed by atoms with Gasteiger partial charge in [-0.25, -0.2) is 0 Å². The third-order valence-electron chi connectivity index (χ3n) is 3.37. The molecule has 1 aromatic carbocycles. The Hall–Kier alpha value is -1.81. The molecule has 0 saturated heterocycles. The Balaban J connectivity index is 1.88. The van der Waals surface area contributed by atoms with Gasteiger partial charge in [0.2, 0.25) is 5.91 Å². The van der Waals surface area contributed by atoms with Gasteiger partial charge in [-0.2, -0.15) is 0 Å². The smallest absolute Gasteiger partial charge is 0.233 e. The average molecular weight is 231 g/mol. The van der Waals surface area contributed by atoms with Crippen LogP contribution in [0.15, 0.2) is 34.9 Å². The molecule has 4 heteroatoms. The van der Waals surface area contributed by atoms with Crippen LogP contribution >= 0.6 is 0 Å². The first-order valence-corrected chi connectivity index (χ1v) is 5.64. The second-order valence-electron chi connectivity index (χ2n) is 4.54. The van der Waals surface area contributed by atoms with Crippen molar-refractivity contribution < 1.29 is 14.3 Å². The van der Waals surface area contributed by atoms with Crippen molar-refractivity contribution in [3.8, 4) is 0 Å². The number of hydrogen-bond donors (Lipinski definition) is 2. The Bertz CT molecular complexity index is 569. The molecule has 88 valence electrons. The van der Waals surface area contributed by atoms with Crippen LogP contribution in [0.3, 0.4) is 0 Å². The lowest BCUT2D eigenvalue weighted by molar-refractivity contribution is -0.122. The van der Waals surface area contributed by atoms with E-state index in [4.69, 9.17) is 4.42 Å². The minimum Gasteiger partial charge on any atom is -0.462 e. The molecular weight excluding hydrogens is 218 g/mol. The van der Waals surface area contributed by atoms with Crippen LogP contribution in [0.5, 0.6) is 0 Å². The molecule has 1 aromatic heterocycles. The predicted molar refractivity (Wildman–Crippen MR) is 63.6 cm³/mol. The molecule has 1 heterocycles. The molecule has 0 atom stereocenters. The van der Waals surface area contributed by atoms with Crippen LogP contribution in [0.4, 0.5) is 5.69 Å². The van der Waals surface area contributed by atoms with E-state index in [0.29, 0.717) is 5.69 Å². The van der Waals surface area contributed by atoms with Crippen LogP contribution in [0.2, 0.25) is 0 Å². The maximum absolute atomic E-state index is 12.0. The number of furan rings is 1. The number of fused-ring (bicyclic) bond motifs is 1. The van der Waals surface area contributed by atoms with Crippen LogP contribution in [-0.4, -0.2) is 17.6 Å². The summed E-state index contributed by atoms with van der Waals surface area (Å²) in [6.07, 6.45) is 3.05. The number of anilines is 1. The van der Waals surface area contributed by atoms with Gasteiger partial charge in [0.25, 0.3) is 0 Å². The Morgan fingerprint density at radius 1 is 1.41 bits per heavy atom. The van der Waals surface area contributed by atoms with Crippen LogP contribution in [0.25, 0.3) is 11.0 Å². The van der Waals surface area contributed by atoms with Gasteiger partial charge in [0, 0.05) is 5.39 Å². The molecule has 1 saturated carbocycles. The van der Waals surface area contributed by atoms with Crippen molar-refractivity contribution in [3.63, 3.8) is 0 Å². The molecule has 0 spiro atoms. The number of carbonyl (C=O) groups excluding carboxylic acids is 1. The number of aliphatic hydroxyl groups excluding tert-OH is 1. The Labute approximate surface area is 98.2 Å². The Morgan fingerprint density at radius 3 is 2.88 bits per heavy atom. The van der Waals surface area contributed by atoms with Gasteiger partial charge < -0.3 is 14.8 Å². The number of para-hydroxylation sites is 1. The molecule has 1 aliphatic rings. The van der Waals surface area contributed by atoms with Crippen LogP contribution in [0, 0.1) is 5.41 Å². The van der Waals surface area contributed by atoms with E-state index >= 15 is 0 Å². The van der Waals surface area contributed by atoms with Crippen molar-refractivity contribution in [2.24, 2.45) is 5.41 Å². The summed E-state index contributed by atoms with van der Waals surface area (Å²) in [6.45, 7) is -0.0887. The lowest BCUT2D eigenvalue weighted by atomic mass is 10.1. The van der Waals surface area contributed by atoms with E-state index in [1.807, 2.05) is 24.3 Å². The minimum absolute atomic E-state index is 0.0887. The number of amides is 1. The first kappa shape index (κ1) is 10.4. The largest absolute Gasteiger partial charge is 0.462 e. The quantitative estimate of drug-likeness (QED) is 0.850. The van der Waals surface area contributed by atoms with Gasteiger partial charge in [0.15, 0.2) is 0 Å². The van der Waals surface area contributed by atoms with Crippen LogP contribution < -0.4 is 5.32 Å². The van der Waals surface area contributed by atoms with Gasteiger partial charge in [0.05, 0.1) is 17.7 Å². The molecule has 3 rings (SSSR count). The molecule has 0 radical (unpaired) electrons. The van der Waals surface area contributed by atoms with Gasteiger partial charge in [-0.15, -0.1) is 0 Å². The van der Waals surface area contributed by atoms with Crippen molar-refractivity contribution >= 4 is 22.6 Å². The predicted octanol–water partition coefficient (Wildman–Crippen LogP) is 2.14. The maximum Gasteiger partial charge on any atom is 0.233 e. The van der Waals surface area contributed by atoms with E-state index in [1.165, 1.54) is 6.26 Å². The molecule has 17 heavy (non-hydrogen) atoms. The first-order chi connectivity index (χ1) is 8.25. The molecule has 0 unspecified atom stereocenters. The van der Waals surface area contributed by atoms with Crippen molar-refractivity contribution in [1.82, 2.24) is 0 Å². The zero-order valence-electron chi connectivity index (χ0n) is 9.27. The highest BCUT2D eigenvalue weighted by molar-refractivity contribution is 6.03. The summed E-state index contributed by atoms with van der Waals surface area (Å²) in [4.78, 5) is 12.0. The monoisotopic (exact) mass is 231 g/mol. The molecule has 2 N–H and O–H groups in total. The average Bonchev–Trinajstić information content (AvgIpc) is 3.07. The lowest BCUT2D eigenvalue weighted by Crippen LogP contribution is -2.26. The number of nitrogens with one attached hydrogen (secondary N) is 1. The summed E-state index contributed by atoms with van der Waals surface area (Å²) in [5.74, 6) is -0.119. The van der Waals surface area contributed by atoms with Gasteiger partial charge >= 0.3 is 0 Å². The van der Waals surface area contributed by atoms with E-state index < -0.39 is 5.41 Å². The Morgan fingerprint density at radius 2 is 2.18 bits per heavy atom. The topological polar surface area (TPSA) is 62.5 Å². The summed E-state index contributed by atoms with van der Waals surface area (Å²) < 4.78 is 5.34. The summed E-state index contributed by atoms with van der Waals surface area (Å²) in [5.41, 5.74) is 0.861. The van der Waals surface area contributed by atoms with E-state index in [9.17, 15) is 9.90 Å². The van der Waals surface area contributed by atoms with E-state index in [1.54, 1.807) is 0 Å². The van der Waals surface area contributed by atoms with E-state index in [2.05, 4.69) is 5.32 Å². The SMILES string of the molecule is O=C(Nc1coc2ccccc12)C1(CO)CC1. The normalized spacial score (nSPS) is 17.0. The third-order valence-corrected chi connectivity index (χ3v) is 3.37. The lowest BCUT2D eigenvalue weighted by Gasteiger charge is -2.10. The summed E-state index contributed by atoms with van der Waals surface area (Å²) in [5, 5.41) is 12.9. The fourth-order valence-corrected chi connectivity index (χ4v) is 1.94. The molecule has 4 nitrogen and oxygen atoms in total. The van der Waals surface area contributed by atoms with Crippen molar-refractivity contribution in [2.75, 3.05) is 11.9 Å². The first-order valence-electron chi connectivity index (χ1n) is 5.64. The summed E-state index contributed by atoms with van der Waals surface area (Å²) >= 11 is 0. The molecule has 1 amide bonds. The number of hydrogen-bond acceptors (Lipinski definition) is 3. The van der Waals surface area contributed by atoms with Crippen molar-refractivity contribution in [3.05, 3.63) is 30.5 Å². The van der Waals surface area contributed by atoms with E-state index in [-0.39, 0.29) is 12.5 Å². The molecule has 1 fully saturated rings. The molecule has 2 aromatic rings. The highest BCUT2D eigenvalue weighted by Crippen LogP contribution is 2.46. The minimum atomic E-state index is -0.557.